The van der Waals surface area contributed by atoms with E-state index in [1.807, 2.05) is 4.90 Å². The maximum Gasteiger partial charge on any atom is 0.409 e. The first-order valence-electron chi connectivity index (χ1n) is 5.28. The van der Waals surface area contributed by atoms with Gasteiger partial charge in [0.15, 0.2) is 0 Å². The molecule has 2 fully saturated rings. The zero-order valence-electron chi connectivity index (χ0n) is 8.00. The molecule has 1 aliphatic carbocycles. The summed E-state index contributed by atoms with van der Waals surface area (Å²) in [5.74, 6) is 0.736. The van der Waals surface area contributed by atoms with E-state index in [1.165, 1.54) is 32.1 Å². The Morgan fingerprint density at radius 2 is 2.08 bits per heavy atom. The van der Waals surface area contributed by atoms with E-state index in [0.717, 1.165) is 19.0 Å². The quantitative estimate of drug-likeness (QED) is 0.655. The minimum Gasteiger partial charge on any atom is -0.448 e. The molecule has 1 aliphatic heterocycles. The highest BCUT2D eigenvalue weighted by Crippen LogP contribution is 2.25. The third kappa shape index (κ3) is 2.14. The van der Waals surface area contributed by atoms with Crippen LogP contribution in [-0.4, -0.2) is 30.7 Å². The van der Waals surface area contributed by atoms with E-state index in [1.54, 1.807) is 0 Å². The molecule has 1 saturated heterocycles. The first-order valence-corrected chi connectivity index (χ1v) is 5.28. The lowest BCUT2D eigenvalue weighted by Gasteiger charge is -2.25. The molecular weight excluding hydrogens is 166 g/mol. The maximum atomic E-state index is 11.2. The van der Waals surface area contributed by atoms with E-state index >= 15 is 0 Å². The van der Waals surface area contributed by atoms with Crippen molar-refractivity contribution in [2.24, 2.45) is 5.92 Å². The lowest BCUT2D eigenvalue weighted by molar-refractivity contribution is 0.151. The van der Waals surface area contributed by atoms with Gasteiger partial charge in [0.05, 0.1) is 6.54 Å². The number of nitrogens with zero attached hydrogens (tertiary/aromatic N) is 1. The van der Waals surface area contributed by atoms with Gasteiger partial charge in [0.25, 0.3) is 0 Å². The van der Waals surface area contributed by atoms with Crippen LogP contribution in [-0.2, 0) is 4.74 Å². The Morgan fingerprint density at radius 3 is 2.69 bits per heavy atom. The Balaban J connectivity index is 1.79. The van der Waals surface area contributed by atoms with Crippen LogP contribution in [0.25, 0.3) is 0 Å². The summed E-state index contributed by atoms with van der Waals surface area (Å²) < 4.78 is 4.89. The van der Waals surface area contributed by atoms with Crippen molar-refractivity contribution < 1.29 is 9.53 Å². The second kappa shape index (κ2) is 3.99. The van der Waals surface area contributed by atoms with Gasteiger partial charge < -0.3 is 9.64 Å². The summed E-state index contributed by atoms with van der Waals surface area (Å²) in [5.41, 5.74) is 0. The maximum absolute atomic E-state index is 11.2. The van der Waals surface area contributed by atoms with Crippen molar-refractivity contribution in [3.63, 3.8) is 0 Å². The fourth-order valence-corrected chi connectivity index (χ4v) is 2.27. The highest BCUT2D eigenvalue weighted by atomic mass is 16.6. The lowest BCUT2D eigenvalue weighted by Crippen LogP contribution is -2.31. The molecule has 0 aromatic heterocycles. The number of rotatable bonds is 2. The Kier molecular flexibility index (Phi) is 2.71. The molecule has 0 atom stereocenters. The summed E-state index contributed by atoms with van der Waals surface area (Å²) in [6, 6.07) is 0. The van der Waals surface area contributed by atoms with Crippen LogP contribution in [0.4, 0.5) is 4.79 Å². The van der Waals surface area contributed by atoms with E-state index in [2.05, 4.69) is 0 Å². The molecule has 13 heavy (non-hydrogen) atoms. The summed E-state index contributed by atoms with van der Waals surface area (Å²) in [6.45, 7) is 2.32. The van der Waals surface area contributed by atoms with Crippen LogP contribution >= 0.6 is 0 Å². The number of carbonyl (C=O) groups is 1. The molecule has 1 amide bonds. The first kappa shape index (κ1) is 8.85. The SMILES string of the molecule is O=C1OCCN1CC1CCCCC1. The number of hydrogen-bond acceptors (Lipinski definition) is 2. The van der Waals surface area contributed by atoms with E-state index in [0.29, 0.717) is 6.61 Å². The minimum atomic E-state index is -0.106. The molecule has 2 rings (SSSR count). The van der Waals surface area contributed by atoms with Crippen molar-refractivity contribution >= 4 is 6.09 Å². The molecule has 3 heteroatoms. The van der Waals surface area contributed by atoms with Gasteiger partial charge in [0.2, 0.25) is 0 Å². The van der Waals surface area contributed by atoms with Gasteiger partial charge in [-0.25, -0.2) is 4.79 Å². The highest BCUT2D eigenvalue weighted by Gasteiger charge is 2.25. The smallest absolute Gasteiger partial charge is 0.409 e. The molecule has 0 N–H and O–H groups in total. The molecule has 1 heterocycles. The predicted octanol–water partition coefficient (Wildman–Crippen LogP) is 2.02. The molecule has 0 bridgehead atoms. The monoisotopic (exact) mass is 183 g/mol. The van der Waals surface area contributed by atoms with E-state index in [-0.39, 0.29) is 6.09 Å². The summed E-state index contributed by atoms with van der Waals surface area (Å²) in [6.07, 6.45) is 6.54. The van der Waals surface area contributed by atoms with E-state index < -0.39 is 0 Å². The van der Waals surface area contributed by atoms with Crippen molar-refractivity contribution in [3.05, 3.63) is 0 Å². The summed E-state index contributed by atoms with van der Waals surface area (Å²) >= 11 is 0. The first-order chi connectivity index (χ1) is 6.36. The predicted molar refractivity (Wildman–Crippen MR) is 49.5 cm³/mol. The van der Waals surface area contributed by atoms with Crippen molar-refractivity contribution in [1.29, 1.82) is 0 Å². The average molecular weight is 183 g/mol. The molecule has 0 radical (unpaired) electrons. The largest absolute Gasteiger partial charge is 0.448 e. The number of carbonyl (C=O) groups excluding carboxylic acids is 1. The van der Waals surface area contributed by atoms with Crippen LogP contribution in [0.15, 0.2) is 0 Å². The molecule has 0 unspecified atom stereocenters. The number of amides is 1. The molecule has 0 spiro atoms. The highest BCUT2D eigenvalue weighted by molar-refractivity contribution is 5.69. The lowest BCUT2D eigenvalue weighted by atomic mass is 9.89. The molecule has 1 saturated carbocycles. The zero-order chi connectivity index (χ0) is 9.10. The number of ether oxygens (including phenoxy) is 1. The van der Waals surface area contributed by atoms with Crippen LogP contribution in [0.2, 0.25) is 0 Å². The van der Waals surface area contributed by atoms with Crippen molar-refractivity contribution in [3.8, 4) is 0 Å². The third-order valence-electron chi connectivity index (χ3n) is 3.05. The van der Waals surface area contributed by atoms with E-state index in [4.69, 9.17) is 4.74 Å². The van der Waals surface area contributed by atoms with Gasteiger partial charge in [0.1, 0.15) is 6.61 Å². The molecular formula is C10H17NO2. The van der Waals surface area contributed by atoms with Gasteiger partial charge in [-0.2, -0.15) is 0 Å². The van der Waals surface area contributed by atoms with Crippen LogP contribution in [0.5, 0.6) is 0 Å². The van der Waals surface area contributed by atoms with Crippen molar-refractivity contribution in [2.45, 2.75) is 32.1 Å². The van der Waals surface area contributed by atoms with Gasteiger partial charge in [-0.1, -0.05) is 19.3 Å². The minimum absolute atomic E-state index is 0.106. The molecule has 74 valence electrons. The van der Waals surface area contributed by atoms with Gasteiger partial charge >= 0.3 is 6.09 Å². The van der Waals surface area contributed by atoms with Gasteiger partial charge in [-0.05, 0) is 18.8 Å². The topological polar surface area (TPSA) is 29.5 Å². The summed E-state index contributed by atoms with van der Waals surface area (Å²) in [5, 5.41) is 0. The Bertz CT molecular complexity index is 187. The molecule has 3 nitrogen and oxygen atoms in total. The standard InChI is InChI=1S/C10H17NO2/c12-10-11(6-7-13-10)8-9-4-2-1-3-5-9/h9H,1-8H2. The van der Waals surface area contributed by atoms with Crippen LogP contribution in [0.1, 0.15) is 32.1 Å². The zero-order valence-corrected chi connectivity index (χ0v) is 8.00. The second-order valence-electron chi connectivity index (χ2n) is 4.06. The normalized spacial score (nSPS) is 24.9. The Hall–Kier alpha value is -0.730. The Labute approximate surface area is 79.0 Å². The molecule has 2 aliphatic rings. The van der Waals surface area contributed by atoms with Crippen LogP contribution in [0.3, 0.4) is 0 Å². The number of cyclic esters (lactones) is 1. The van der Waals surface area contributed by atoms with Gasteiger partial charge in [-0.3, -0.25) is 0 Å². The second-order valence-corrected chi connectivity index (χ2v) is 4.06. The molecule has 0 aromatic carbocycles. The third-order valence-corrected chi connectivity index (χ3v) is 3.05. The summed E-state index contributed by atoms with van der Waals surface area (Å²) in [7, 11) is 0. The average Bonchev–Trinajstić information content (AvgIpc) is 2.54. The van der Waals surface area contributed by atoms with Gasteiger partial charge in [0, 0.05) is 6.54 Å². The van der Waals surface area contributed by atoms with E-state index in [9.17, 15) is 4.79 Å². The van der Waals surface area contributed by atoms with Gasteiger partial charge in [-0.15, -0.1) is 0 Å². The van der Waals surface area contributed by atoms with Crippen molar-refractivity contribution in [1.82, 2.24) is 4.90 Å². The Morgan fingerprint density at radius 1 is 1.31 bits per heavy atom. The number of hydrogen-bond donors (Lipinski definition) is 0. The molecule has 0 aromatic rings. The fraction of sp³-hybridized carbons (Fsp3) is 0.900. The van der Waals surface area contributed by atoms with Crippen molar-refractivity contribution in [2.75, 3.05) is 19.7 Å². The fourth-order valence-electron chi connectivity index (χ4n) is 2.27. The summed E-state index contributed by atoms with van der Waals surface area (Å²) in [4.78, 5) is 13.0. The van der Waals surface area contributed by atoms with Crippen LogP contribution < -0.4 is 0 Å². The van der Waals surface area contributed by atoms with Crippen LogP contribution in [0, 0.1) is 5.92 Å².